The second kappa shape index (κ2) is 8.40. The number of rotatable bonds is 7. The minimum Gasteiger partial charge on any atom is -0.489 e. The van der Waals surface area contributed by atoms with Gasteiger partial charge < -0.3 is 14.2 Å². The summed E-state index contributed by atoms with van der Waals surface area (Å²) in [4.78, 5) is 12.3. The van der Waals surface area contributed by atoms with E-state index in [1.165, 1.54) is 26.4 Å². The Morgan fingerprint density at radius 2 is 1.75 bits per heavy atom. The minimum atomic E-state index is -1.38. The molecule has 3 aromatic carbocycles. The summed E-state index contributed by atoms with van der Waals surface area (Å²) >= 11 is 0. The van der Waals surface area contributed by atoms with Gasteiger partial charge in [-0.25, -0.2) is 9.18 Å². The molecule has 0 spiro atoms. The van der Waals surface area contributed by atoms with E-state index in [2.05, 4.69) is 0 Å². The first-order valence-electron chi connectivity index (χ1n) is 9.07. The van der Waals surface area contributed by atoms with E-state index in [1.807, 2.05) is 42.5 Å². The third kappa shape index (κ3) is 3.85. The Labute approximate surface area is 163 Å². The summed E-state index contributed by atoms with van der Waals surface area (Å²) in [6.45, 7) is 2.05. The maximum atomic E-state index is 14.2. The van der Waals surface area contributed by atoms with Crippen molar-refractivity contribution in [3.05, 3.63) is 77.6 Å². The van der Waals surface area contributed by atoms with E-state index < -0.39 is 17.4 Å². The Kier molecular flexibility index (Phi) is 5.95. The Hall–Kier alpha value is -2.92. The van der Waals surface area contributed by atoms with Crippen LogP contribution in [0, 0.1) is 5.82 Å². The maximum Gasteiger partial charge on any atom is 0.342 e. The molecule has 0 radical (unpaired) electrons. The number of halogens is 1. The molecule has 146 valence electrons. The zero-order chi connectivity index (χ0) is 20.1. The fourth-order valence-electron chi connectivity index (χ4n) is 3.35. The van der Waals surface area contributed by atoms with Gasteiger partial charge in [-0.1, -0.05) is 43.3 Å². The normalized spacial score (nSPS) is 13.1. The molecule has 28 heavy (non-hydrogen) atoms. The number of esters is 1. The highest BCUT2D eigenvalue weighted by molar-refractivity contribution is 5.83. The van der Waals surface area contributed by atoms with E-state index in [-0.39, 0.29) is 6.61 Å². The second-order valence-electron chi connectivity index (χ2n) is 6.52. The van der Waals surface area contributed by atoms with Crippen LogP contribution in [0.2, 0.25) is 0 Å². The van der Waals surface area contributed by atoms with Gasteiger partial charge in [0.15, 0.2) is 5.60 Å². The lowest BCUT2D eigenvalue weighted by molar-refractivity contribution is -0.168. The minimum absolute atomic E-state index is 0.276. The van der Waals surface area contributed by atoms with Crippen LogP contribution >= 0.6 is 0 Å². The summed E-state index contributed by atoms with van der Waals surface area (Å²) < 4.78 is 30.4. The first kappa shape index (κ1) is 19.8. The summed E-state index contributed by atoms with van der Waals surface area (Å²) in [5, 5.41) is 2.25. The standard InChI is InChI=1S/C23H23FO4/c1-4-23(27-3,22(25)26-2)19-12-20(24)14-21(13-19)28-15-16-9-10-17-7-5-6-8-18(17)11-16/h5-14H,4,15H2,1-3H3/t23-/m1/s1. The SMILES string of the molecule is CC[C@](OC)(C(=O)OC)c1cc(F)cc(OCc2ccc3ccccc3c2)c1. The molecule has 0 saturated carbocycles. The fraction of sp³-hybridized carbons (Fsp3) is 0.261. The molecule has 1 atom stereocenters. The van der Waals surface area contributed by atoms with Gasteiger partial charge in [0, 0.05) is 18.7 Å². The third-order valence-corrected chi connectivity index (χ3v) is 4.92. The van der Waals surface area contributed by atoms with Crippen molar-refractivity contribution in [3.8, 4) is 5.75 Å². The van der Waals surface area contributed by atoms with Gasteiger partial charge in [-0.15, -0.1) is 0 Å². The van der Waals surface area contributed by atoms with Crippen LogP contribution in [0.4, 0.5) is 4.39 Å². The Morgan fingerprint density at radius 3 is 2.43 bits per heavy atom. The molecule has 0 heterocycles. The number of hydrogen-bond acceptors (Lipinski definition) is 4. The average Bonchev–Trinajstić information content (AvgIpc) is 2.73. The molecular weight excluding hydrogens is 359 g/mol. The molecule has 0 bridgehead atoms. The lowest BCUT2D eigenvalue weighted by Gasteiger charge is -2.29. The number of hydrogen-bond donors (Lipinski definition) is 0. The van der Waals surface area contributed by atoms with Gasteiger partial charge in [-0.05, 0) is 41.0 Å². The van der Waals surface area contributed by atoms with E-state index in [1.54, 1.807) is 13.0 Å². The molecule has 3 aromatic rings. The lowest BCUT2D eigenvalue weighted by atomic mass is 9.90. The molecule has 0 unspecified atom stereocenters. The van der Waals surface area contributed by atoms with Gasteiger partial charge in [-0.2, -0.15) is 0 Å². The molecular formula is C23H23FO4. The van der Waals surface area contributed by atoms with Crippen LogP contribution in [0.5, 0.6) is 5.75 Å². The third-order valence-electron chi connectivity index (χ3n) is 4.92. The number of benzene rings is 3. The highest BCUT2D eigenvalue weighted by Gasteiger charge is 2.40. The van der Waals surface area contributed by atoms with Crippen LogP contribution in [-0.2, 0) is 26.5 Å². The topological polar surface area (TPSA) is 44.8 Å². The zero-order valence-corrected chi connectivity index (χ0v) is 16.2. The first-order chi connectivity index (χ1) is 13.5. The summed E-state index contributed by atoms with van der Waals surface area (Å²) in [7, 11) is 2.68. The van der Waals surface area contributed by atoms with Gasteiger partial charge in [0.25, 0.3) is 0 Å². The van der Waals surface area contributed by atoms with Crippen LogP contribution in [0.25, 0.3) is 10.8 Å². The summed E-state index contributed by atoms with van der Waals surface area (Å²) in [6, 6.07) is 18.3. The predicted molar refractivity (Wildman–Crippen MR) is 106 cm³/mol. The molecule has 0 saturated heterocycles. The van der Waals surface area contributed by atoms with E-state index in [0.29, 0.717) is 17.7 Å². The monoisotopic (exact) mass is 382 g/mol. The molecule has 3 rings (SSSR count). The van der Waals surface area contributed by atoms with Crippen molar-refractivity contribution < 1.29 is 23.4 Å². The van der Waals surface area contributed by atoms with Crippen molar-refractivity contribution in [2.75, 3.05) is 14.2 Å². The van der Waals surface area contributed by atoms with Crippen molar-refractivity contribution in [3.63, 3.8) is 0 Å². The fourth-order valence-corrected chi connectivity index (χ4v) is 3.35. The summed E-state index contributed by atoms with van der Waals surface area (Å²) in [6.07, 6.45) is 0.295. The van der Waals surface area contributed by atoms with Gasteiger partial charge in [-0.3, -0.25) is 0 Å². The summed E-state index contributed by atoms with van der Waals surface area (Å²) in [5.41, 5.74) is -0.0541. The second-order valence-corrected chi connectivity index (χ2v) is 6.52. The molecule has 4 nitrogen and oxygen atoms in total. The molecule has 0 N–H and O–H groups in total. The van der Waals surface area contributed by atoms with E-state index in [0.717, 1.165) is 16.3 Å². The van der Waals surface area contributed by atoms with Gasteiger partial charge in [0.1, 0.15) is 18.2 Å². The van der Waals surface area contributed by atoms with Crippen molar-refractivity contribution in [1.29, 1.82) is 0 Å². The van der Waals surface area contributed by atoms with Crippen molar-refractivity contribution in [2.24, 2.45) is 0 Å². The molecule has 0 aliphatic heterocycles. The Morgan fingerprint density at radius 1 is 1.00 bits per heavy atom. The van der Waals surface area contributed by atoms with Gasteiger partial charge in [0.2, 0.25) is 0 Å². The number of fused-ring (bicyclic) bond motifs is 1. The predicted octanol–water partition coefficient (Wildman–Crippen LogP) is 4.98. The highest BCUT2D eigenvalue weighted by atomic mass is 19.1. The van der Waals surface area contributed by atoms with E-state index in [4.69, 9.17) is 14.2 Å². The van der Waals surface area contributed by atoms with Crippen molar-refractivity contribution >= 4 is 16.7 Å². The van der Waals surface area contributed by atoms with Crippen LogP contribution in [0.1, 0.15) is 24.5 Å². The van der Waals surface area contributed by atoms with Gasteiger partial charge in [0.05, 0.1) is 7.11 Å². The quantitative estimate of drug-likeness (QED) is 0.541. The van der Waals surface area contributed by atoms with Crippen LogP contribution in [-0.4, -0.2) is 20.2 Å². The number of ether oxygens (including phenoxy) is 3. The van der Waals surface area contributed by atoms with Crippen molar-refractivity contribution in [1.82, 2.24) is 0 Å². The van der Waals surface area contributed by atoms with Crippen LogP contribution in [0.3, 0.4) is 0 Å². The zero-order valence-electron chi connectivity index (χ0n) is 16.2. The molecule has 0 aliphatic carbocycles. The molecule has 0 aliphatic rings. The number of methoxy groups -OCH3 is 2. The van der Waals surface area contributed by atoms with Gasteiger partial charge >= 0.3 is 5.97 Å². The van der Waals surface area contributed by atoms with Crippen LogP contribution in [0.15, 0.2) is 60.7 Å². The largest absolute Gasteiger partial charge is 0.489 e. The van der Waals surface area contributed by atoms with Crippen LogP contribution < -0.4 is 4.74 Å². The number of carbonyl (C=O) groups excluding carboxylic acids is 1. The smallest absolute Gasteiger partial charge is 0.342 e. The molecule has 5 heteroatoms. The Bertz CT molecular complexity index is 979. The Balaban J connectivity index is 1.87. The van der Waals surface area contributed by atoms with E-state index >= 15 is 0 Å². The van der Waals surface area contributed by atoms with E-state index in [9.17, 15) is 9.18 Å². The molecule has 0 aromatic heterocycles. The lowest BCUT2D eigenvalue weighted by Crippen LogP contribution is -2.38. The summed E-state index contributed by atoms with van der Waals surface area (Å²) in [5.74, 6) is -0.768. The number of carbonyl (C=O) groups is 1. The van der Waals surface area contributed by atoms with Crippen molar-refractivity contribution in [2.45, 2.75) is 25.6 Å². The first-order valence-corrected chi connectivity index (χ1v) is 9.07. The average molecular weight is 382 g/mol. The molecule has 0 amide bonds. The molecule has 0 fully saturated rings. The highest BCUT2D eigenvalue weighted by Crippen LogP contribution is 2.33. The maximum absolute atomic E-state index is 14.2.